The molecule has 0 atom stereocenters. The number of benzene rings is 2. The number of hydrogen-bond acceptors (Lipinski definition) is 5. The maximum atomic E-state index is 13.2. The first kappa shape index (κ1) is 29.1. The van der Waals surface area contributed by atoms with Crippen LogP contribution in [-0.4, -0.2) is 57.8 Å². The van der Waals surface area contributed by atoms with Crippen LogP contribution in [0.5, 0.6) is 0 Å². The van der Waals surface area contributed by atoms with Crippen molar-refractivity contribution in [3.63, 3.8) is 0 Å². The number of nitrogens with zero attached hydrogens (tertiary/aromatic N) is 5. The van der Waals surface area contributed by atoms with Crippen molar-refractivity contribution in [1.29, 1.82) is 0 Å². The third kappa shape index (κ3) is 7.40. The number of halogens is 2. The number of carbonyl (C=O) groups excluding carboxylic acids is 1. The molecule has 1 amide bonds. The molecule has 0 aliphatic rings. The van der Waals surface area contributed by atoms with Gasteiger partial charge in [-0.3, -0.25) is 14.8 Å². The zero-order valence-electron chi connectivity index (χ0n) is 21.9. The van der Waals surface area contributed by atoms with Gasteiger partial charge in [-0.25, -0.2) is 4.98 Å². The Morgan fingerprint density at radius 3 is 2.00 bits per heavy atom. The number of aromatic nitrogens is 3. The second kappa shape index (κ2) is 14.0. The topological polar surface area (TPSA) is 62.2 Å². The van der Waals surface area contributed by atoms with Crippen LogP contribution >= 0.6 is 18.8 Å². The number of amides is 1. The molecule has 3 heterocycles. The molecule has 39 heavy (non-hydrogen) atoms. The summed E-state index contributed by atoms with van der Waals surface area (Å²) in [6.45, 7) is 4.13. The van der Waals surface area contributed by atoms with Gasteiger partial charge in [0.25, 0.3) is 5.91 Å². The first-order valence-corrected chi connectivity index (χ1v) is 18.0. The van der Waals surface area contributed by atoms with E-state index in [1.807, 2.05) is 44.3 Å². The average molecular weight is 742 g/mol. The molecule has 0 fully saturated rings. The van der Waals surface area contributed by atoms with E-state index in [2.05, 4.69) is 58.3 Å². The van der Waals surface area contributed by atoms with Crippen molar-refractivity contribution in [1.82, 2.24) is 24.8 Å². The molecule has 3 aromatic heterocycles. The molecule has 204 valence electrons. The zero-order valence-corrected chi connectivity index (χ0v) is 25.7. The average Bonchev–Trinajstić information content (AvgIpc) is 2.96. The van der Waals surface area contributed by atoms with Crippen molar-refractivity contribution in [3.8, 4) is 11.4 Å². The Morgan fingerprint density at radius 1 is 0.821 bits per heavy atom. The fourth-order valence-electron chi connectivity index (χ4n) is 4.47. The summed E-state index contributed by atoms with van der Waals surface area (Å²) in [6.07, 6.45) is 3.43. The van der Waals surface area contributed by atoms with Gasteiger partial charge in [-0.1, -0.05) is 36.4 Å². The van der Waals surface area contributed by atoms with Gasteiger partial charge in [-0.2, -0.15) is 0 Å². The Morgan fingerprint density at radius 2 is 1.38 bits per heavy atom. The maximum absolute atomic E-state index is 13.2. The van der Waals surface area contributed by atoms with E-state index in [1.165, 1.54) is 16.3 Å². The van der Waals surface area contributed by atoms with Crippen LogP contribution in [-0.2, 0) is 23.0 Å². The molecule has 0 N–H and O–H groups in total. The van der Waals surface area contributed by atoms with Gasteiger partial charge in [0.2, 0.25) is 0 Å². The van der Waals surface area contributed by atoms with Crippen molar-refractivity contribution < 1.29 is 21.3 Å². The monoisotopic (exact) mass is 740 g/mol. The van der Waals surface area contributed by atoms with Crippen LogP contribution in [0.2, 0.25) is 0 Å². The van der Waals surface area contributed by atoms with E-state index in [-0.39, 0.29) is 5.91 Å². The summed E-state index contributed by atoms with van der Waals surface area (Å²) < 4.78 is 0. The fraction of sp³-hybridized carbons (Fsp3) is 0.200. The van der Waals surface area contributed by atoms with E-state index in [1.54, 1.807) is 23.4 Å². The summed E-state index contributed by atoms with van der Waals surface area (Å²) in [5.41, 5.74) is 6.45. The van der Waals surface area contributed by atoms with Gasteiger partial charge in [0.15, 0.2) is 0 Å². The molecule has 5 aromatic rings. The molecule has 0 spiro atoms. The minimum absolute atomic E-state index is 0.0282. The Labute approximate surface area is 245 Å². The van der Waals surface area contributed by atoms with Crippen LogP contribution in [0.1, 0.15) is 21.5 Å². The van der Waals surface area contributed by atoms with Gasteiger partial charge >= 0.3 is 35.3 Å². The summed E-state index contributed by atoms with van der Waals surface area (Å²) in [4.78, 5) is 30.8. The van der Waals surface area contributed by atoms with Crippen LogP contribution in [0.4, 0.5) is 0 Å². The summed E-state index contributed by atoms with van der Waals surface area (Å²) in [6, 6.07) is 24.1. The van der Waals surface area contributed by atoms with E-state index in [9.17, 15) is 4.79 Å². The van der Waals surface area contributed by atoms with E-state index in [0.717, 1.165) is 35.4 Å². The molecule has 0 aliphatic heterocycles. The number of carbonyl (C=O) groups is 1. The van der Waals surface area contributed by atoms with E-state index < -0.39 is 16.5 Å². The van der Waals surface area contributed by atoms with E-state index >= 15 is 0 Å². The third-order valence-electron chi connectivity index (χ3n) is 6.48. The van der Waals surface area contributed by atoms with Crippen LogP contribution in [0.15, 0.2) is 85.2 Å². The fourth-order valence-corrected chi connectivity index (χ4v) is 4.47. The number of pyridine rings is 3. The zero-order chi connectivity index (χ0) is 27.8. The van der Waals surface area contributed by atoms with Gasteiger partial charge in [0.1, 0.15) is 0 Å². The number of rotatable bonds is 7. The van der Waals surface area contributed by atoms with Crippen LogP contribution in [0.3, 0.4) is 0 Å². The molecular formula is C30H29Cl2N5OPt. The van der Waals surface area contributed by atoms with Crippen molar-refractivity contribution in [3.05, 3.63) is 102 Å². The number of likely N-dealkylation sites (N-methyl/N-ethyl adjacent to an activating group) is 2. The summed E-state index contributed by atoms with van der Waals surface area (Å²) in [5.74, 6) is -0.0282. The SMILES string of the molecule is Cc1ccnc(-c2cc(C(=O)N(C)CCN(C)Cc3c4ccccc4nc4ccccc34)ccn2)c1.[Cl][Pt][Cl]. The number of fused-ring (bicyclic) bond motifs is 2. The van der Waals surface area contributed by atoms with Gasteiger partial charge in [-0.15, -0.1) is 0 Å². The molecular weight excluding hydrogens is 712 g/mol. The molecule has 0 radical (unpaired) electrons. The van der Waals surface area contributed by atoms with Crippen molar-refractivity contribution in [2.45, 2.75) is 13.5 Å². The third-order valence-corrected chi connectivity index (χ3v) is 6.48. The van der Waals surface area contributed by atoms with Crippen LogP contribution < -0.4 is 0 Å². The van der Waals surface area contributed by atoms with Crippen molar-refractivity contribution in [2.75, 3.05) is 27.2 Å². The summed E-state index contributed by atoms with van der Waals surface area (Å²) in [5, 5.41) is 2.34. The predicted octanol–water partition coefficient (Wildman–Crippen LogP) is 6.73. The molecule has 0 unspecified atom stereocenters. The van der Waals surface area contributed by atoms with E-state index in [0.29, 0.717) is 17.8 Å². The van der Waals surface area contributed by atoms with E-state index in [4.69, 9.17) is 23.8 Å². The molecule has 0 saturated heterocycles. The first-order chi connectivity index (χ1) is 18.9. The number of aryl methyl sites for hydroxylation is 1. The summed E-state index contributed by atoms with van der Waals surface area (Å²) >= 11 is -0.472. The number of hydrogen-bond donors (Lipinski definition) is 0. The minimum atomic E-state index is -0.472. The molecule has 0 saturated carbocycles. The molecule has 2 aromatic carbocycles. The Balaban J connectivity index is 0.00000112. The Bertz CT molecular complexity index is 1530. The Hall–Kier alpha value is -2.89. The van der Waals surface area contributed by atoms with Crippen LogP contribution in [0.25, 0.3) is 33.2 Å². The Kier molecular flexibility index (Phi) is 10.4. The van der Waals surface area contributed by atoms with Crippen molar-refractivity contribution >= 4 is 46.5 Å². The van der Waals surface area contributed by atoms with Gasteiger partial charge in [0.05, 0.1) is 22.4 Å². The summed E-state index contributed by atoms with van der Waals surface area (Å²) in [7, 11) is 13.7. The first-order valence-electron chi connectivity index (χ1n) is 12.3. The van der Waals surface area contributed by atoms with Gasteiger partial charge in [0, 0.05) is 55.4 Å². The predicted molar refractivity (Wildman–Crippen MR) is 156 cm³/mol. The molecule has 0 bridgehead atoms. The van der Waals surface area contributed by atoms with Crippen molar-refractivity contribution in [2.24, 2.45) is 0 Å². The van der Waals surface area contributed by atoms with Crippen LogP contribution in [0, 0.1) is 6.92 Å². The molecule has 6 nitrogen and oxygen atoms in total. The second-order valence-corrected chi connectivity index (χ2v) is 12.6. The number of para-hydroxylation sites is 2. The van der Waals surface area contributed by atoms with Gasteiger partial charge < -0.3 is 9.80 Å². The van der Waals surface area contributed by atoms with Gasteiger partial charge in [-0.05, 0) is 61.5 Å². The molecule has 5 rings (SSSR count). The quantitative estimate of drug-likeness (QED) is 0.173. The molecule has 0 aliphatic carbocycles. The molecule has 9 heteroatoms. The standard InChI is InChI=1S/C30H29N5O.2ClH.Pt/c1-21-12-14-31-28(18-21)29-19-22(13-15-32-29)30(36)35(3)17-16-34(2)20-25-23-8-4-6-10-26(23)33-27-11-7-5-9-24(25)27;;;/h4-15,18-19H,16-17,20H2,1-3H3;2*1H;/q;;;+2/p-2. The normalized spacial score (nSPS) is 11.0. The second-order valence-electron chi connectivity index (χ2n) is 9.28.